The average molecular weight is 437 g/mol. The molecule has 1 N–H and O–H groups in total. The van der Waals surface area contributed by atoms with Gasteiger partial charge in [-0.3, -0.25) is 4.79 Å². The van der Waals surface area contributed by atoms with Gasteiger partial charge in [0, 0.05) is 30.9 Å². The molecule has 1 aliphatic heterocycles. The van der Waals surface area contributed by atoms with Gasteiger partial charge >= 0.3 is 6.18 Å². The number of amides is 1. The molecule has 1 aromatic carbocycles. The van der Waals surface area contributed by atoms with E-state index in [0.29, 0.717) is 12.3 Å². The molecule has 1 aromatic heterocycles. The largest absolute Gasteiger partial charge is 0.456 e. The minimum absolute atomic E-state index is 0.0137. The number of benzene rings is 1. The van der Waals surface area contributed by atoms with E-state index in [0.717, 1.165) is 30.9 Å². The van der Waals surface area contributed by atoms with Crippen LogP contribution >= 0.6 is 0 Å². The van der Waals surface area contributed by atoms with E-state index < -0.39 is 11.9 Å². The first-order valence-corrected chi connectivity index (χ1v) is 9.99. The molecule has 3 rings (SSSR count). The lowest BCUT2D eigenvalue weighted by atomic mass is 10.2. The van der Waals surface area contributed by atoms with E-state index in [4.69, 9.17) is 9.47 Å². The topological polar surface area (TPSA) is 63.7 Å². The number of nitrogens with zero attached hydrogens (tertiary/aromatic N) is 2. The zero-order chi connectivity index (χ0) is 22.6. The molecular formula is C22H26F3N3O3. The molecule has 0 bridgehead atoms. The number of alkyl halides is 3. The van der Waals surface area contributed by atoms with Crippen LogP contribution < -0.4 is 15.0 Å². The number of anilines is 1. The Morgan fingerprint density at radius 2 is 1.97 bits per heavy atom. The van der Waals surface area contributed by atoms with Crippen molar-refractivity contribution in [2.75, 3.05) is 24.6 Å². The van der Waals surface area contributed by atoms with Gasteiger partial charge in [0.1, 0.15) is 23.8 Å². The standard InChI is InChI=1S/C22H26F3N3O3/c1-21(2,3)30-14-20(29)27-15-9-10-28(13-15)16-5-4-6-17(11-16)31-18-7-8-19(26-12-18)22(23,24)25/h4-8,11-12,15H,9-10,13-14H2,1-3H3,(H,27,29)/t15-/m0/s1. The Balaban J connectivity index is 1.56. The highest BCUT2D eigenvalue weighted by molar-refractivity contribution is 5.77. The summed E-state index contributed by atoms with van der Waals surface area (Å²) in [5.74, 6) is 0.564. The molecule has 1 fully saturated rings. The summed E-state index contributed by atoms with van der Waals surface area (Å²) in [4.78, 5) is 17.6. The van der Waals surface area contributed by atoms with Crippen molar-refractivity contribution in [3.8, 4) is 11.5 Å². The fraction of sp³-hybridized carbons (Fsp3) is 0.455. The molecule has 9 heteroatoms. The van der Waals surface area contributed by atoms with Gasteiger partial charge in [0.15, 0.2) is 0 Å². The predicted octanol–water partition coefficient (Wildman–Crippen LogP) is 4.40. The summed E-state index contributed by atoms with van der Waals surface area (Å²) in [5.41, 5.74) is -0.436. The summed E-state index contributed by atoms with van der Waals surface area (Å²) in [6, 6.07) is 9.40. The summed E-state index contributed by atoms with van der Waals surface area (Å²) in [5, 5.41) is 2.99. The third-order valence-corrected chi connectivity index (χ3v) is 4.63. The maximum absolute atomic E-state index is 12.6. The Kier molecular flexibility index (Phi) is 6.74. The van der Waals surface area contributed by atoms with Gasteiger partial charge in [0.05, 0.1) is 11.8 Å². The van der Waals surface area contributed by atoms with Crippen LogP contribution in [0.2, 0.25) is 0 Å². The highest BCUT2D eigenvalue weighted by atomic mass is 19.4. The maximum atomic E-state index is 12.6. The third-order valence-electron chi connectivity index (χ3n) is 4.63. The van der Waals surface area contributed by atoms with Gasteiger partial charge in [0.25, 0.3) is 0 Å². The van der Waals surface area contributed by atoms with E-state index in [-0.39, 0.29) is 29.9 Å². The number of nitrogens with one attached hydrogen (secondary N) is 1. The van der Waals surface area contributed by atoms with Crippen molar-refractivity contribution in [3.63, 3.8) is 0 Å². The lowest BCUT2D eigenvalue weighted by Gasteiger charge is -2.21. The van der Waals surface area contributed by atoms with Crippen LogP contribution in [0.4, 0.5) is 18.9 Å². The van der Waals surface area contributed by atoms with Crippen molar-refractivity contribution >= 4 is 11.6 Å². The van der Waals surface area contributed by atoms with Crippen LogP contribution in [0, 0.1) is 0 Å². The molecule has 2 aromatic rings. The van der Waals surface area contributed by atoms with E-state index in [1.54, 1.807) is 6.07 Å². The van der Waals surface area contributed by atoms with E-state index >= 15 is 0 Å². The first-order valence-electron chi connectivity index (χ1n) is 9.99. The average Bonchev–Trinajstić information content (AvgIpc) is 3.14. The fourth-order valence-electron chi connectivity index (χ4n) is 3.15. The van der Waals surface area contributed by atoms with E-state index in [1.807, 2.05) is 39.0 Å². The van der Waals surface area contributed by atoms with E-state index in [2.05, 4.69) is 15.2 Å². The Hall–Kier alpha value is -2.81. The van der Waals surface area contributed by atoms with Crippen molar-refractivity contribution in [2.45, 2.75) is 45.0 Å². The molecule has 1 atom stereocenters. The molecular weight excluding hydrogens is 411 g/mol. The monoisotopic (exact) mass is 437 g/mol. The normalized spacial score (nSPS) is 17.0. The minimum atomic E-state index is -4.49. The quantitative estimate of drug-likeness (QED) is 0.726. The molecule has 1 saturated heterocycles. The molecule has 0 aliphatic carbocycles. The second kappa shape index (κ2) is 9.13. The Bertz CT molecular complexity index is 895. The van der Waals surface area contributed by atoms with Crippen LogP contribution in [0.25, 0.3) is 0 Å². The van der Waals surface area contributed by atoms with Crippen molar-refractivity contribution in [1.29, 1.82) is 0 Å². The highest BCUT2D eigenvalue weighted by Gasteiger charge is 2.32. The highest BCUT2D eigenvalue weighted by Crippen LogP contribution is 2.31. The van der Waals surface area contributed by atoms with Crippen LogP contribution in [0.5, 0.6) is 11.5 Å². The number of carbonyl (C=O) groups excluding carboxylic acids is 1. The first-order chi connectivity index (χ1) is 14.5. The van der Waals surface area contributed by atoms with E-state index in [9.17, 15) is 18.0 Å². The van der Waals surface area contributed by atoms with Crippen molar-refractivity contribution in [1.82, 2.24) is 10.3 Å². The van der Waals surface area contributed by atoms with Crippen LogP contribution in [0.1, 0.15) is 32.9 Å². The van der Waals surface area contributed by atoms with Gasteiger partial charge < -0.3 is 19.7 Å². The second-order valence-electron chi connectivity index (χ2n) is 8.38. The molecule has 6 nitrogen and oxygen atoms in total. The second-order valence-corrected chi connectivity index (χ2v) is 8.38. The minimum Gasteiger partial charge on any atom is -0.456 e. The van der Waals surface area contributed by atoms with Gasteiger partial charge in [-0.15, -0.1) is 0 Å². The summed E-state index contributed by atoms with van der Waals surface area (Å²) in [7, 11) is 0. The zero-order valence-corrected chi connectivity index (χ0v) is 17.7. The number of pyridine rings is 1. The van der Waals surface area contributed by atoms with Gasteiger partial charge in [-0.1, -0.05) is 6.07 Å². The molecule has 0 radical (unpaired) electrons. The molecule has 31 heavy (non-hydrogen) atoms. The van der Waals surface area contributed by atoms with Gasteiger partial charge in [0.2, 0.25) is 5.91 Å². The van der Waals surface area contributed by atoms with E-state index in [1.165, 1.54) is 6.07 Å². The number of carbonyl (C=O) groups is 1. The van der Waals surface area contributed by atoms with Crippen LogP contribution in [-0.4, -0.2) is 42.2 Å². The lowest BCUT2D eigenvalue weighted by molar-refractivity contribution is -0.141. The summed E-state index contributed by atoms with van der Waals surface area (Å²) < 4.78 is 49.1. The van der Waals surface area contributed by atoms with Gasteiger partial charge in [-0.2, -0.15) is 13.2 Å². The fourth-order valence-corrected chi connectivity index (χ4v) is 3.15. The van der Waals surface area contributed by atoms with Crippen molar-refractivity contribution in [3.05, 3.63) is 48.3 Å². The number of hydrogen-bond acceptors (Lipinski definition) is 5. The summed E-state index contributed by atoms with van der Waals surface area (Å²) in [6.07, 6.45) is -2.63. The summed E-state index contributed by atoms with van der Waals surface area (Å²) in [6.45, 7) is 7.11. The van der Waals surface area contributed by atoms with Crippen LogP contribution in [0.3, 0.4) is 0 Å². The van der Waals surface area contributed by atoms with Gasteiger partial charge in [-0.05, 0) is 51.5 Å². The molecule has 0 saturated carbocycles. The van der Waals surface area contributed by atoms with Crippen molar-refractivity contribution in [2.24, 2.45) is 0 Å². The zero-order valence-electron chi connectivity index (χ0n) is 17.7. The van der Waals surface area contributed by atoms with Crippen molar-refractivity contribution < 1.29 is 27.4 Å². The number of hydrogen-bond donors (Lipinski definition) is 1. The maximum Gasteiger partial charge on any atom is 0.433 e. The number of aromatic nitrogens is 1. The molecule has 1 amide bonds. The molecule has 168 valence electrons. The first kappa shape index (κ1) is 22.9. The number of ether oxygens (including phenoxy) is 2. The predicted molar refractivity (Wildman–Crippen MR) is 110 cm³/mol. The Morgan fingerprint density at radius 1 is 1.19 bits per heavy atom. The SMILES string of the molecule is CC(C)(C)OCC(=O)N[C@H]1CCN(c2cccc(Oc3ccc(C(F)(F)F)nc3)c2)C1. The molecule has 1 aliphatic rings. The number of rotatable bonds is 6. The van der Waals surface area contributed by atoms with Crippen LogP contribution in [-0.2, 0) is 15.7 Å². The van der Waals surface area contributed by atoms with Gasteiger partial charge in [-0.25, -0.2) is 4.98 Å². The lowest BCUT2D eigenvalue weighted by Crippen LogP contribution is -2.40. The molecule has 2 heterocycles. The Morgan fingerprint density at radius 3 is 2.61 bits per heavy atom. The van der Waals surface area contributed by atoms with Crippen LogP contribution in [0.15, 0.2) is 42.6 Å². The third kappa shape index (κ3) is 6.85. The Labute approximate surface area is 179 Å². The summed E-state index contributed by atoms with van der Waals surface area (Å²) >= 11 is 0. The smallest absolute Gasteiger partial charge is 0.433 e. The number of halogens is 3. The molecule has 0 spiro atoms. The molecule has 0 unspecified atom stereocenters.